The van der Waals surface area contributed by atoms with Gasteiger partial charge in [0.2, 0.25) is 5.88 Å². The van der Waals surface area contributed by atoms with Crippen molar-refractivity contribution < 1.29 is 9.32 Å². The predicted molar refractivity (Wildman–Crippen MR) is 53.4 cm³/mol. The highest BCUT2D eigenvalue weighted by Gasteiger charge is 2.04. The number of nitrogens with zero attached hydrogens (tertiary/aromatic N) is 2. The van der Waals surface area contributed by atoms with Gasteiger partial charge < -0.3 is 4.52 Å². The zero-order valence-corrected chi connectivity index (χ0v) is 7.68. The first-order chi connectivity index (χ1) is 7.34. The lowest BCUT2D eigenvalue weighted by atomic mass is 10.5. The van der Waals surface area contributed by atoms with Crippen LogP contribution in [0.15, 0.2) is 41.2 Å². The third-order valence-corrected chi connectivity index (χ3v) is 1.58. The summed E-state index contributed by atoms with van der Waals surface area (Å²) in [5, 5.41) is 8.43. The van der Waals surface area contributed by atoms with Crippen LogP contribution in [0.3, 0.4) is 0 Å². The molecule has 2 N–H and O–H groups in total. The number of carbonyl (C=O) groups excluding carboxylic acids is 1. The smallest absolute Gasteiger partial charge is 0.327 e. The monoisotopic (exact) mass is 204 g/mol. The van der Waals surface area contributed by atoms with Crippen LogP contribution in [0, 0.1) is 0 Å². The van der Waals surface area contributed by atoms with Gasteiger partial charge in [-0.1, -0.05) is 11.2 Å². The number of carbonyl (C=O) groups is 1. The summed E-state index contributed by atoms with van der Waals surface area (Å²) in [6.45, 7) is 0. The van der Waals surface area contributed by atoms with Crippen molar-refractivity contribution in [2.75, 3.05) is 10.6 Å². The van der Waals surface area contributed by atoms with Crippen molar-refractivity contribution in [3.63, 3.8) is 0 Å². The second-order valence-corrected chi connectivity index (χ2v) is 2.67. The molecule has 0 atom stereocenters. The quantitative estimate of drug-likeness (QED) is 0.780. The maximum atomic E-state index is 11.3. The lowest BCUT2D eigenvalue weighted by Crippen LogP contribution is -2.19. The minimum Gasteiger partial charge on any atom is -0.338 e. The van der Waals surface area contributed by atoms with Crippen LogP contribution < -0.4 is 10.6 Å². The molecule has 76 valence electrons. The first-order valence-corrected chi connectivity index (χ1v) is 4.24. The van der Waals surface area contributed by atoms with Gasteiger partial charge >= 0.3 is 6.03 Å². The Bertz CT molecular complexity index is 427. The number of rotatable bonds is 2. The van der Waals surface area contributed by atoms with Gasteiger partial charge in [-0.3, -0.25) is 10.6 Å². The van der Waals surface area contributed by atoms with Crippen LogP contribution in [0.1, 0.15) is 0 Å². The molecule has 2 rings (SSSR count). The number of pyridine rings is 1. The van der Waals surface area contributed by atoms with E-state index in [0.29, 0.717) is 5.82 Å². The van der Waals surface area contributed by atoms with E-state index < -0.39 is 6.03 Å². The summed E-state index contributed by atoms with van der Waals surface area (Å²) in [6.07, 6.45) is 3.03. The molecule has 0 saturated carbocycles. The summed E-state index contributed by atoms with van der Waals surface area (Å²) < 4.78 is 4.70. The summed E-state index contributed by atoms with van der Waals surface area (Å²) >= 11 is 0. The summed E-state index contributed by atoms with van der Waals surface area (Å²) in [4.78, 5) is 15.3. The van der Waals surface area contributed by atoms with E-state index in [4.69, 9.17) is 4.52 Å². The molecule has 0 saturated heterocycles. The van der Waals surface area contributed by atoms with Crippen molar-refractivity contribution in [1.29, 1.82) is 0 Å². The molecular weight excluding hydrogens is 196 g/mol. The third-order valence-electron chi connectivity index (χ3n) is 1.58. The standard InChI is InChI=1S/C9H8N4O2/c14-9(13-8-4-6-11-15-8)12-7-3-1-2-5-10-7/h1-6H,(H2,10,12,13,14). The zero-order chi connectivity index (χ0) is 10.5. The highest BCUT2D eigenvalue weighted by atomic mass is 16.5. The Balaban J connectivity index is 1.94. The molecule has 2 aromatic heterocycles. The fourth-order valence-corrected chi connectivity index (χ4v) is 0.976. The average Bonchev–Trinajstić information content (AvgIpc) is 2.71. The average molecular weight is 204 g/mol. The van der Waals surface area contributed by atoms with Crippen LogP contribution in [-0.4, -0.2) is 16.2 Å². The van der Waals surface area contributed by atoms with Crippen molar-refractivity contribution in [1.82, 2.24) is 10.1 Å². The van der Waals surface area contributed by atoms with Crippen LogP contribution in [0.5, 0.6) is 0 Å². The maximum Gasteiger partial charge on any atom is 0.327 e. The molecule has 0 aromatic carbocycles. The van der Waals surface area contributed by atoms with Crippen LogP contribution in [-0.2, 0) is 0 Å². The SMILES string of the molecule is O=C(Nc1ccccn1)Nc1ccno1. The number of aromatic nitrogens is 2. The molecule has 0 bridgehead atoms. The normalized spacial score (nSPS) is 9.60. The second-order valence-electron chi connectivity index (χ2n) is 2.67. The number of urea groups is 1. The second kappa shape index (κ2) is 4.23. The van der Waals surface area contributed by atoms with E-state index in [2.05, 4.69) is 20.8 Å². The van der Waals surface area contributed by atoms with Gasteiger partial charge in [-0.15, -0.1) is 0 Å². The van der Waals surface area contributed by atoms with Crippen LogP contribution in [0.25, 0.3) is 0 Å². The number of anilines is 2. The molecule has 6 nitrogen and oxygen atoms in total. The maximum absolute atomic E-state index is 11.3. The van der Waals surface area contributed by atoms with Gasteiger partial charge in [0.1, 0.15) is 5.82 Å². The molecule has 15 heavy (non-hydrogen) atoms. The summed E-state index contributed by atoms with van der Waals surface area (Å²) in [5.74, 6) is 0.748. The Kier molecular flexibility index (Phi) is 2.59. The Morgan fingerprint density at radius 2 is 2.13 bits per heavy atom. The van der Waals surface area contributed by atoms with Gasteiger partial charge in [-0.25, -0.2) is 9.78 Å². The molecule has 0 radical (unpaired) electrons. The molecule has 6 heteroatoms. The lowest BCUT2D eigenvalue weighted by Gasteiger charge is -2.02. The molecule has 0 aliphatic carbocycles. The molecule has 2 aromatic rings. The van der Waals surface area contributed by atoms with Crippen LogP contribution >= 0.6 is 0 Å². The van der Waals surface area contributed by atoms with E-state index in [1.165, 1.54) is 12.3 Å². The molecule has 0 aliphatic heterocycles. The zero-order valence-electron chi connectivity index (χ0n) is 7.68. The molecule has 0 spiro atoms. The summed E-state index contributed by atoms with van der Waals surface area (Å²) in [7, 11) is 0. The highest BCUT2D eigenvalue weighted by molar-refractivity contribution is 5.98. The number of nitrogens with one attached hydrogen (secondary N) is 2. The van der Waals surface area contributed by atoms with Crippen molar-refractivity contribution in [3.05, 3.63) is 36.7 Å². The van der Waals surface area contributed by atoms with Crippen molar-refractivity contribution in [2.24, 2.45) is 0 Å². The number of hydrogen-bond donors (Lipinski definition) is 2. The number of hydrogen-bond acceptors (Lipinski definition) is 4. The fraction of sp³-hybridized carbons (Fsp3) is 0. The van der Waals surface area contributed by atoms with E-state index in [9.17, 15) is 4.79 Å². The van der Waals surface area contributed by atoms with E-state index in [-0.39, 0.29) is 5.88 Å². The molecule has 2 heterocycles. The van der Waals surface area contributed by atoms with Gasteiger partial charge in [0.05, 0.1) is 6.20 Å². The number of amides is 2. The molecule has 2 amide bonds. The van der Waals surface area contributed by atoms with E-state index in [1.54, 1.807) is 24.4 Å². The minimum absolute atomic E-state index is 0.281. The summed E-state index contributed by atoms with van der Waals surface area (Å²) in [6, 6.07) is 6.33. The predicted octanol–water partition coefficient (Wildman–Crippen LogP) is 1.71. The van der Waals surface area contributed by atoms with E-state index in [0.717, 1.165) is 0 Å². The Morgan fingerprint density at radius 1 is 1.20 bits per heavy atom. The van der Waals surface area contributed by atoms with Gasteiger partial charge in [-0.2, -0.15) is 0 Å². The highest BCUT2D eigenvalue weighted by Crippen LogP contribution is 2.05. The molecule has 0 aliphatic rings. The first kappa shape index (κ1) is 9.20. The Labute approximate surface area is 85.3 Å². The van der Waals surface area contributed by atoms with Gasteiger partial charge in [-0.05, 0) is 12.1 Å². The van der Waals surface area contributed by atoms with Crippen molar-refractivity contribution in [2.45, 2.75) is 0 Å². The van der Waals surface area contributed by atoms with E-state index >= 15 is 0 Å². The molecule has 0 unspecified atom stereocenters. The van der Waals surface area contributed by atoms with Crippen LogP contribution in [0.4, 0.5) is 16.5 Å². The first-order valence-electron chi connectivity index (χ1n) is 4.24. The van der Waals surface area contributed by atoms with Gasteiger partial charge in [0, 0.05) is 12.3 Å². The van der Waals surface area contributed by atoms with Gasteiger partial charge in [0.25, 0.3) is 0 Å². The lowest BCUT2D eigenvalue weighted by molar-refractivity contribution is 0.261. The summed E-state index contributed by atoms with van der Waals surface area (Å²) in [5.41, 5.74) is 0. The molecule has 0 fully saturated rings. The Hall–Kier alpha value is -2.37. The third kappa shape index (κ3) is 2.53. The minimum atomic E-state index is -0.426. The van der Waals surface area contributed by atoms with E-state index in [1.807, 2.05) is 0 Å². The van der Waals surface area contributed by atoms with Crippen molar-refractivity contribution >= 4 is 17.7 Å². The topological polar surface area (TPSA) is 80.0 Å². The largest absolute Gasteiger partial charge is 0.338 e. The Morgan fingerprint density at radius 3 is 2.80 bits per heavy atom. The van der Waals surface area contributed by atoms with Crippen molar-refractivity contribution in [3.8, 4) is 0 Å². The van der Waals surface area contributed by atoms with Crippen LogP contribution in [0.2, 0.25) is 0 Å². The molecular formula is C9H8N4O2. The fourth-order valence-electron chi connectivity index (χ4n) is 0.976. The van der Waals surface area contributed by atoms with Gasteiger partial charge in [0.15, 0.2) is 0 Å².